The molecule has 0 unspecified atom stereocenters. The Hall–Kier alpha value is -1.44. The van der Waals surface area contributed by atoms with Crippen LogP contribution in [0.1, 0.15) is 17.5 Å². The SMILES string of the molecule is CSCC(=O)Nc1ccc(C)c(C#CCCO)c1. The Kier molecular flexibility index (Phi) is 6.34. The topological polar surface area (TPSA) is 49.3 Å². The molecule has 0 aliphatic heterocycles. The minimum absolute atomic E-state index is 0.0133. The number of aryl methyl sites for hydroxylation is 1. The molecule has 0 fully saturated rings. The van der Waals surface area contributed by atoms with Crippen LogP contribution in [-0.2, 0) is 4.79 Å². The third-order valence-corrected chi connectivity index (χ3v) is 2.81. The van der Waals surface area contributed by atoms with Crippen molar-refractivity contribution in [3.63, 3.8) is 0 Å². The average molecular weight is 263 g/mol. The molecule has 0 bridgehead atoms. The first-order chi connectivity index (χ1) is 8.67. The summed E-state index contributed by atoms with van der Waals surface area (Å²) in [7, 11) is 0. The number of aliphatic hydroxyl groups excluding tert-OH is 1. The van der Waals surface area contributed by atoms with Gasteiger partial charge in [0.2, 0.25) is 5.91 Å². The van der Waals surface area contributed by atoms with E-state index >= 15 is 0 Å². The van der Waals surface area contributed by atoms with E-state index in [0.717, 1.165) is 16.8 Å². The van der Waals surface area contributed by atoms with Gasteiger partial charge >= 0.3 is 0 Å². The van der Waals surface area contributed by atoms with E-state index in [1.807, 2.05) is 31.4 Å². The van der Waals surface area contributed by atoms with E-state index in [-0.39, 0.29) is 12.5 Å². The fourth-order valence-electron chi connectivity index (χ4n) is 1.38. The van der Waals surface area contributed by atoms with E-state index in [9.17, 15) is 4.79 Å². The third-order valence-electron chi connectivity index (χ3n) is 2.26. The van der Waals surface area contributed by atoms with Crippen LogP contribution < -0.4 is 5.32 Å². The number of benzene rings is 1. The molecule has 18 heavy (non-hydrogen) atoms. The quantitative estimate of drug-likeness (QED) is 0.817. The second kappa shape index (κ2) is 7.80. The molecule has 1 rings (SSSR count). The standard InChI is InChI=1S/C14H17NO2S/c1-11-6-7-13(15-14(17)10-18-2)9-12(11)5-3-4-8-16/h6-7,9,16H,4,8,10H2,1-2H3,(H,15,17). The lowest BCUT2D eigenvalue weighted by molar-refractivity contribution is -0.113. The van der Waals surface area contributed by atoms with Gasteiger partial charge in [0.15, 0.2) is 0 Å². The predicted molar refractivity (Wildman–Crippen MR) is 76.8 cm³/mol. The van der Waals surface area contributed by atoms with Crippen LogP contribution in [0.25, 0.3) is 0 Å². The summed E-state index contributed by atoms with van der Waals surface area (Å²) in [5.41, 5.74) is 2.70. The largest absolute Gasteiger partial charge is 0.395 e. The molecule has 4 heteroatoms. The molecule has 1 amide bonds. The van der Waals surface area contributed by atoms with Gasteiger partial charge in [-0.1, -0.05) is 17.9 Å². The molecule has 0 aromatic heterocycles. The highest BCUT2D eigenvalue weighted by molar-refractivity contribution is 7.99. The molecular weight excluding hydrogens is 246 g/mol. The second-order valence-electron chi connectivity index (χ2n) is 3.79. The zero-order chi connectivity index (χ0) is 13.4. The number of carbonyl (C=O) groups is 1. The van der Waals surface area contributed by atoms with E-state index in [4.69, 9.17) is 5.11 Å². The normalized spacial score (nSPS) is 9.50. The van der Waals surface area contributed by atoms with E-state index < -0.39 is 0 Å². The fraction of sp³-hybridized carbons (Fsp3) is 0.357. The van der Waals surface area contributed by atoms with Crippen molar-refractivity contribution in [3.05, 3.63) is 29.3 Å². The molecule has 0 aliphatic carbocycles. The lowest BCUT2D eigenvalue weighted by atomic mass is 10.1. The minimum atomic E-state index is -0.0133. The zero-order valence-corrected chi connectivity index (χ0v) is 11.4. The summed E-state index contributed by atoms with van der Waals surface area (Å²) in [5.74, 6) is 6.30. The number of hydrogen-bond donors (Lipinski definition) is 2. The molecule has 96 valence electrons. The predicted octanol–water partition coefficient (Wildman–Crippen LogP) is 2.03. The summed E-state index contributed by atoms with van der Waals surface area (Å²) >= 11 is 1.49. The zero-order valence-electron chi connectivity index (χ0n) is 10.6. The first kappa shape index (κ1) is 14.6. The van der Waals surface area contributed by atoms with Gasteiger partial charge in [-0.3, -0.25) is 4.79 Å². The van der Waals surface area contributed by atoms with Gasteiger partial charge in [0.25, 0.3) is 0 Å². The molecule has 1 aromatic rings. The Morgan fingerprint density at radius 2 is 2.28 bits per heavy atom. The summed E-state index contributed by atoms with van der Waals surface area (Å²) in [5, 5.41) is 11.5. The van der Waals surface area contributed by atoms with Crippen molar-refractivity contribution < 1.29 is 9.90 Å². The number of anilines is 1. The Balaban J connectivity index is 2.81. The smallest absolute Gasteiger partial charge is 0.234 e. The molecule has 3 nitrogen and oxygen atoms in total. The molecule has 0 radical (unpaired) electrons. The molecule has 0 aliphatic rings. The monoisotopic (exact) mass is 263 g/mol. The van der Waals surface area contributed by atoms with E-state index in [1.165, 1.54) is 11.8 Å². The summed E-state index contributed by atoms with van der Waals surface area (Å²) in [6.45, 7) is 2.03. The van der Waals surface area contributed by atoms with Crippen molar-refractivity contribution in [1.29, 1.82) is 0 Å². The maximum Gasteiger partial charge on any atom is 0.234 e. The van der Waals surface area contributed by atoms with Crippen molar-refractivity contribution in [2.45, 2.75) is 13.3 Å². The maximum absolute atomic E-state index is 11.5. The molecule has 0 spiro atoms. The number of amides is 1. The van der Waals surface area contributed by atoms with Crippen molar-refractivity contribution in [2.75, 3.05) is 23.9 Å². The molecule has 0 atom stereocenters. The molecule has 0 heterocycles. The van der Waals surface area contributed by atoms with Gasteiger partial charge in [-0.2, -0.15) is 11.8 Å². The number of rotatable bonds is 4. The van der Waals surface area contributed by atoms with Gasteiger partial charge in [-0.25, -0.2) is 0 Å². The van der Waals surface area contributed by atoms with Crippen LogP contribution in [0, 0.1) is 18.8 Å². The van der Waals surface area contributed by atoms with Gasteiger partial charge in [0, 0.05) is 17.7 Å². The van der Waals surface area contributed by atoms with Crippen LogP contribution in [0.4, 0.5) is 5.69 Å². The van der Waals surface area contributed by atoms with Gasteiger partial charge in [0.05, 0.1) is 12.4 Å². The van der Waals surface area contributed by atoms with Gasteiger partial charge < -0.3 is 10.4 Å². The Bertz CT molecular complexity index is 474. The van der Waals surface area contributed by atoms with Gasteiger partial charge in [-0.05, 0) is 30.9 Å². The van der Waals surface area contributed by atoms with Crippen LogP contribution in [0.15, 0.2) is 18.2 Å². The van der Waals surface area contributed by atoms with E-state index in [2.05, 4.69) is 17.2 Å². The van der Waals surface area contributed by atoms with Gasteiger partial charge in [-0.15, -0.1) is 0 Å². The number of aliphatic hydroxyl groups is 1. The number of thioether (sulfide) groups is 1. The average Bonchev–Trinajstić information content (AvgIpc) is 2.34. The van der Waals surface area contributed by atoms with Crippen LogP contribution in [0.3, 0.4) is 0 Å². The molecule has 0 saturated carbocycles. The van der Waals surface area contributed by atoms with E-state index in [0.29, 0.717) is 12.2 Å². The highest BCUT2D eigenvalue weighted by Crippen LogP contribution is 2.14. The van der Waals surface area contributed by atoms with Crippen molar-refractivity contribution in [3.8, 4) is 11.8 Å². The highest BCUT2D eigenvalue weighted by atomic mass is 32.2. The lowest BCUT2D eigenvalue weighted by Gasteiger charge is -2.06. The number of hydrogen-bond acceptors (Lipinski definition) is 3. The number of nitrogens with one attached hydrogen (secondary N) is 1. The van der Waals surface area contributed by atoms with Crippen LogP contribution in [0.5, 0.6) is 0 Å². The third kappa shape index (κ3) is 4.82. The Morgan fingerprint density at radius 3 is 2.94 bits per heavy atom. The maximum atomic E-state index is 11.5. The van der Waals surface area contributed by atoms with Gasteiger partial charge in [0.1, 0.15) is 0 Å². The molecule has 1 aromatic carbocycles. The molecular formula is C14H17NO2S. The number of carbonyl (C=O) groups excluding carboxylic acids is 1. The van der Waals surface area contributed by atoms with E-state index in [1.54, 1.807) is 0 Å². The van der Waals surface area contributed by atoms with Crippen LogP contribution >= 0.6 is 11.8 Å². The summed E-state index contributed by atoms with van der Waals surface area (Å²) in [6.07, 6.45) is 2.35. The molecule has 2 N–H and O–H groups in total. The van der Waals surface area contributed by atoms with Crippen molar-refractivity contribution >= 4 is 23.4 Å². The fourth-order valence-corrected chi connectivity index (χ4v) is 1.71. The second-order valence-corrected chi connectivity index (χ2v) is 4.65. The molecule has 0 saturated heterocycles. The van der Waals surface area contributed by atoms with Crippen LogP contribution in [0.2, 0.25) is 0 Å². The van der Waals surface area contributed by atoms with Crippen molar-refractivity contribution in [1.82, 2.24) is 0 Å². The minimum Gasteiger partial charge on any atom is -0.395 e. The lowest BCUT2D eigenvalue weighted by Crippen LogP contribution is -2.13. The Morgan fingerprint density at radius 1 is 1.50 bits per heavy atom. The first-order valence-corrected chi connectivity index (χ1v) is 7.06. The van der Waals surface area contributed by atoms with Crippen molar-refractivity contribution in [2.24, 2.45) is 0 Å². The summed E-state index contributed by atoms with van der Waals surface area (Å²) < 4.78 is 0. The summed E-state index contributed by atoms with van der Waals surface area (Å²) in [6, 6.07) is 5.65. The summed E-state index contributed by atoms with van der Waals surface area (Å²) in [4.78, 5) is 11.5. The highest BCUT2D eigenvalue weighted by Gasteiger charge is 2.02. The Labute approximate surface area is 112 Å². The first-order valence-electron chi connectivity index (χ1n) is 5.66. The van der Waals surface area contributed by atoms with Crippen LogP contribution in [-0.4, -0.2) is 29.6 Å².